The number of carbonyl (C=O) groups is 2. The van der Waals surface area contributed by atoms with Gasteiger partial charge in [-0.25, -0.2) is 4.79 Å². The van der Waals surface area contributed by atoms with E-state index in [0.717, 1.165) is 12.8 Å². The Morgan fingerprint density at radius 1 is 1.43 bits per heavy atom. The molecule has 1 N–H and O–H groups in total. The highest BCUT2D eigenvalue weighted by Gasteiger charge is 2.28. The van der Waals surface area contributed by atoms with Crippen molar-refractivity contribution < 1.29 is 19.2 Å². The van der Waals surface area contributed by atoms with Crippen molar-refractivity contribution >= 4 is 23.3 Å². The van der Waals surface area contributed by atoms with Crippen LogP contribution in [0.3, 0.4) is 0 Å². The molecule has 1 heterocycles. The second kappa shape index (κ2) is 7.08. The molecule has 1 unspecified atom stereocenters. The van der Waals surface area contributed by atoms with Crippen LogP contribution in [-0.4, -0.2) is 44.0 Å². The monoisotopic (exact) mass is 321 g/mol. The van der Waals surface area contributed by atoms with E-state index in [1.165, 1.54) is 25.3 Å². The summed E-state index contributed by atoms with van der Waals surface area (Å²) in [6.07, 6.45) is 1.58. The van der Waals surface area contributed by atoms with Crippen molar-refractivity contribution in [1.29, 1.82) is 0 Å². The number of nitro groups is 1. The average molecular weight is 321 g/mol. The molecular formula is C15H19N3O5. The second-order valence-electron chi connectivity index (χ2n) is 5.35. The molecule has 23 heavy (non-hydrogen) atoms. The third kappa shape index (κ3) is 3.58. The molecule has 8 nitrogen and oxygen atoms in total. The highest BCUT2D eigenvalue weighted by Crippen LogP contribution is 2.30. The number of esters is 1. The molecule has 8 heteroatoms. The maximum atomic E-state index is 12.0. The lowest BCUT2D eigenvalue weighted by molar-refractivity contribution is -0.384. The van der Waals surface area contributed by atoms with Gasteiger partial charge in [-0.3, -0.25) is 14.9 Å². The third-order valence-electron chi connectivity index (χ3n) is 3.98. The van der Waals surface area contributed by atoms with Crippen molar-refractivity contribution in [1.82, 2.24) is 5.32 Å². The SMILES string of the molecule is CNC(=O)C1CCCN(c2ccc([N+](=O)[O-])cc2C(=O)OC)C1. The van der Waals surface area contributed by atoms with E-state index in [1.54, 1.807) is 7.05 Å². The first-order valence-corrected chi connectivity index (χ1v) is 7.31. The number of piperidine rings is 1. The molecular weight excluding hydrogens is 302 g/mol. The summed E-state index contributed by atoms with van der Waals surface area (Å²) in [6.45, 7) is 1.14. The van der Waals surface area contributed by atoms with Gasteiger partial charge < -0.3 is 15.0 Å². The Kier molecular flexibility index (Phi) is 5.15. The molecule has 0 aromatic heterocycles. The quantitative estimate of drug-likeness (QED) is 0.510. The zero-order chi connectivity index (χ0) is 17.0. The number of benzene rings is 1. The van der Waals surface area contributed by atoms with Crippen LogP contribution in [0.4, 0.5) is 11.4 Å². The molecule has 0 saturated carbocycles. The van der Waals surface area contributed by atoms with Gasteiger partial charge in [0.15, 0.2) is 0 Å². The molecule has 1 aromatic carbocycles. The van der Waals surface area contributed by atoms with E-state index in [-0.39, 0.29) is 23.1 Å². The largest absolute Gasteiger partial charge is 0.465 e. The lowest BCUT2D eigenvalue weighted by Gasteiger charge is -2.34. The zero-order valence-corrected chi connectivity index (χ0v) is 13.1. The van der Waals surface area contributed by atoms with Crippen LogP contribution in [0, 0.1) is 16.0 Å². The molecule has 1 fully saturated rings. The summed E-state index contributed by atoms with van der Waals surface area (Å²) in [6, 6.07) is 4.10. The summed E-state index contributed by atoms with van der Waals surface area (Å²) in [5.74, 6) is -0.851. The van der Waals surface area contributed by atoms with E-state index in [2.05, 4.69) is 5.32 Å². The smallest absolute Gasteiger partial charge is 0.340 e. The van der Waals surface area contributed by atoms with E-state index in [0.29, 0.717) is 18.8 Å². The van der Waals surface area contributed by atoms with Gasteiger partial charge in [0, 0.05) is 32.3 Å². The normalized spacial score (nSPS) is 17.5. The number of anilines is 1. The van der Waals surface area contributed by atoms with Gasteiger partial charge in [0.2, 0.25) is 5.91 Å². The van der Waals surface area contributed by atoms with Gasteiger partial charge in [-0.05, 0) is 18.9 Å². The van der Waals surface area contributed by atoms with Crippen molar-refractivity contribution in [2.24, 2.45) is 5.92 Å². The molecule has 1 aliphatic heterocycles. The second-order valence-corrected chi connectivity index (χ2v) is 5.35. The Balaban J connectivity index is 2.35. The molecule has 0 spiro atoms. The number of methoxy groups -OCH3 is 1. The van der Waals surface area contributed by atoms with Crippen molar-refractivity contribution in [2.45, 2.75) is 12.8 Å². The summed E-state index contributed by atoms with van der Waals surface area (Å²) in [4.78, 5) is 36.1. The van der Waals surface area contributed by atoms with E-state index in [4.69, 9.17) is 4.74 Å². The Morgan fingerprint density at radius 2 is 2.17 bits per heavy atom. The predicted octanol–water partition coefficient (Wildman–Crippen LogP) is 1.34. The molecule has 0 radical (unpaired) electrons. The molecule has 1 atom stereocenters. The molecule has 124 valence electrons. The molecule has 0 aliphatic carbocycles. The van der Waals surface area contributed by atoms with Crippen molar-refractivity contribution in [3.8, 4) is 0 Å². The van der Waals surface area contributed by atoms with Crippen LogP contribution in [0.1, 0.15) is 23.2 Å². The van der Waals surface area contributed by atoms with E-state index >= 15 is 0 Å². The fourth-order valence-corrected chi connectivity index (χ4v) is 2.80. The third-order valence-corrected chi connectivity index (χ3v) is 3.98. The lowest BCUT2D eigenvalue weighted by Crippen LogP contribution is -2.42. The topological polar surface area (TPSA) is 102 Å². The number of nitrogens with one attached hydrogen (secondary N) is 1. The summed E-state index contributed by atoms with van der Waals surface area (Å²) < 4.78 is 4.73. The molecule has 2 rings (SSSR count). The molecule has 0 bridgehead atoms. The molecule has 1 aliphatic rings. The van der Waals surface area contributed by atoms with Gasteiger partial charge in [0.1, 0.15) is 0 Å². The first-order valence-electron chi connectivity index (χ1n) is 7.31. The van der Waals surface area contributed by atoms with Crippen LogP contribution in [0.2, 0.25) is 0 Å². The van der Waals surface area contributed by atoms with Crippen molar-refractivity contribution in [2.75, 3.05) is 32.1 Å². The number of hydrogen-bond acceptors (Lipinski definition) is 6. The fourth-order valence-electron chi connectivity index (χ4n) is 2.80. The van der Waals surface area contributed by atoms with E-state index < -0.39 is 10.9 Å². The summed E-state index contributed by atoms with van der Waals surface area (Å²) in [7, 11) is 2.82. The number of hydrogen-bond donors (Lipinski definition) is 1. The van der Waals surface area contributed by atoms with Gasteiger partial charge in [-0.15, -0.1) is 0 Å². The van der Waals surface area contributed by atoms with Crippen molar-refractivity contribution in [3.63, 3.8) is 0 Å². The number of non-ortho nitro benzene ring substituents is 1. The molecule has 1 saturated heterocycles. The van der Waals surface area contributed by atoms with Crippen LogP contribution in [0.25, 0.3) is 0 Å². The lowest BCUT2D eigenvalue weighted by atomic mass is 9.96. The van der Waals surface area contributed by atoms with Crippen LogP contribution >= 0.6 is 0 Å². The number of nitro benzene ring substituents is 1. The number of ether oxygens (including phenoxy) is 1. The highest BCUT2D eigenvalue weighted by atomic mass is 16.6. The minimum absolute atomic E-state index is 0.0452. The number of nitrogens with zero attached hydrogens (tertiary/aromatic N) is 2. The van der Waals surface area contributed by atoms with Gasteiger partial charge in [0.05, 0.1) is 29.2 Å². The maximum Gasteiger partial charge on any atom is 0.340 e. The van der Waals surface area contributed by atoms with Crippen LogP contribution < -0.4 is 10.2 Å². The highest BCUT2D eigenvalue weighted by molar-refractivity contribution is 5.96. The van der Waals surface area contributed by atoms with Gasteiger partial charge in [-0.1, -0.05) is 0 Å². The summed E-state index contributed by atoms with van der Waals surface area (Å²) in [5, 5.41) is 13.6. The van der Waals surface area contributed by atoms with Gasteiger partial charge in [-0.2, -0.15) is 0 Å². The first-order chi connectivity index (χ1) is 11.0. The molecule has 1 aromatic rings. The first kappa shape index (κ1) is 16.7. The summed E-state index contributed by atoms with van der Waals surface area (Å²) >= 11 is 0. The number of amides is 1. The summed E-state index contributed by atoms with van der Waals surface area (Å²) in [5.41, 5.74) is 0.518. The average Bonchev–Trinajstić information content (AvgIpc) is 2.59. The Hall–Kier alpha value is -2.64. The molecule has 1 amide bonds. The minimum Gasteiger partial charge on any atom is -0.465 e. The van der Waals surface area contributed by atoms with E-state index in [9.17, 15) is 19.7 Å². The maximum absolute atomic E-state index is 12.0. The number of rotatable bonds is 4. The Bertz CT molecular complexity index is 632. The van der Waals surface area contributed by atoms with Crippen LogP contribution in [0.15, 0.2) is 18.2 Å². The predicted molar refractivity (Wildman–Crippen MR) is 83.4 cm³/mol. The minimum atomic E-state index is -0.634. The number of carbonyl (C=O) groups excluding carboxylic acids is 2. The van der Waals surface area contributed by atoms with Crippen LogP contribution in [0.5, 0.6) is 0 Å². The van der Waals surface area contributed by atoms with Gasteiger partial charge >= 0.3 is 5.97 Å². The van der Waals surface area contributed by atoms with E-state index in [1.807, 2.05) is 4.90 Å². The van der Waals surface area contributed by atoms with Crippen LogP contribution in [-0.2, 0) is 9.53 Å². The van der Waals surface area contributed by atoms with Crippen molar-refractivity contribution in [3.05, 3.63) is 33.9 Å². The zero-order valence-electron chi connectivity index (χ0n) is 13.1. The Labute approximate surface area is 133 Å². The van der Waals surface area contributed by atoms with Gasteiger partial charge in [0.25, 0.3) is 5.69 Å². The standard InChI is InChI=1S/C15H19N3O5/c1-16-14(19)10-4-3-7-17(9-10)13-6-5-11(18(21)22)8-12(13)15(20)23-2/h5-6,8,10H,3-4,7,9H2,1-2H3,(H,16,19). The Morgan fingerprint density at radius 3 is 2.78 bits per heavy atom. The fraction of sp³-hybridized carbons (Fsp3) is 0.467.